The first-order chi connectivity index (χ1) is 24.8. The van der Waals surface area contributed by atoms with E-state index < -0.39 is 0 Å². The van der Waals surface area contributed by atoms with Gasteiger partial charge in [-0.05, 0) is 31.0 Å². The Labute approximate surface area is 304 Å². The molecule has 0 spiro atoms. The fourth-order valence-electron chi connectivity index (χ4n) is 4.03. The molecule has 1 heterocycles. The fraction of sp³-hybridized carbons (Fsp3) is 0.829. The summed E-state index contributed by atoms with van der Waals surface area (Å²) in [4.78, 5) is 1.18. The molecule has 50 heavy (non-hydrogen) atoms. The molecular formula is C35H63NO13S. The first-order valence-electron chi connectivity index (χ1n) is 17.8. The second-order valence-corrected chi connectivity index (χ2v) is 12.0. The highest BCUT2D eigenvalue weighted by atomic mass is 32.2. The predicted molar refractivity (Wildman–Crippen MR) is 189 cm³/mol. The van der Waals surface area contributed by atoms with Crippen LogP contribution in [0.2, 0.25) is 0 Å². The second kappa shape index (κ2) is 36.4. The Morgan fingerprint density at radius 2 is 0.520 bits per heavy atom. The van der Waals surface area contributed by atoms with Gasteiger partial charge in [-0.25, -0.2) is 4.31 Å². The molecule has 2 rings (SSSR count). The Balaban J connectivity index is 1.58. The van der Waals surface area contributed by atoms with Crippen molar-refractivity contribution in [2.45, 2.75) is 11.8 Å². The van der Waals surface area contributed by atoms with Gasteiger partial charge < -0.3 is 61.6 Å². The minimum Gasteiger partial charge on any atom is -0.378 e. The maximum absolute atomic E-state index is 5.83. The number of hydrogen-bond donors (Lipinski definition) is 0. The van der Waals surface area contributed by atoms with E-state index in [0.29, 0.717) is 172 Å². The lowest BCUT2D eigenvalue weighted by Crippen LogP contribution is -2.26. The van der Waals surface area contributed by atoms with Gasteiger partial charge in [0.15, 0.2) is 0 Å². The van der Waals surface area contributed by atoms with Gasteiger partial charge in [0.05, 0.1) is 172 Å². The number of hydrogen-bond acceptors (Lipinski definition) is 15. The minimum absolute atomic E-state index is 0.511. The van der Waals surface area contributed by atoms with Crippen molar-refractivity contribution in [1.82, 2.24) is 4.31 Å². The minimum atomic E-state index is 0.511. The van der Waals surface area contributed by atoms with Gasteiger partial charge in [-0.3, -0.25) is 0 Å². The summed E-state index contributed by atoms with van der Waals surface area (Å²) in [6.45, 7) is 17.1. The van der Waals surface area contributed by atoms with E-state index in [-0.39, 0.29) is 0 Å². The van der Waals surface area contributed by atoms with Crippen molar-refractivity contribution in [3.63, 3.8) is 0 Å². The van der Waals surface area contributed by atoms with Crippen LogP contribution < -0.4 is 0 Å². The predicted octanol–water partition coefficient (Wildman–Crippen LogP) is 2.53. The van der Waals surface area contributed by atoms with E-state index in [0.717, 1.165) is 13.1 Å². The van der Waals surface area contributed by atoms with Crippen LogP contribution in [0.15, 0.2) is 29.2 Å². The summed E-state index contributed by atoms with van der Waals surface area (Å²) in [5.41, 5.74) is 1.24. The van der Waals surface area contributed by atoms with E-state index >= 15 is 0 Å². The average molecular weight is 738 g/mol. The van der Waals surface area contributed by atoms with Crippen LogP contribution in [0.4, 0.5) is 0 Å². The molecule has 0 aromatic heterocycles. The van der Waals surface area contributed by atoms with Gasteiger partial charge in [0.25, 0.3) is 0 Å². The highest BCUT2D eigenvalue weighted by molar-refractivity contribution is 7.97. The van der Waals surface area contributed by atoms with Gasteiger partial charge in [-0.1, -0.05) is 17.7 Å². The van der Waals surface area contributed by atoms with E-state index in [4.69, 9.17) is 61.6 Å². The second-order valence-electron chi connectivity index (χ2n) is 10.8. The van der Waals surface area contributed by atoms with Crippen molar-refractivity contribution in [2.75, 3.05) is 185 Å². The number of nitrogens with zero attached hydrogens (tertiary/aromatic N) is 1. The molecule has 1 aliphatic heterocycles. The molecule has 15 heteroatoms. The molecule has 0 saturated carbocycles. The van der Waals surface area contributed by atoms with E-state index in [1.165, 1.54) is 10.5 Å². The summed E-state index contributed by atoms with van der Waals surface area (Å²) in [6, 6.07) is 8.52. The van der Waals surface area contributed by atoms with E-state index in [1.54, 1.807) is 11.9 Å². The van der Waals surface area contributed by atoms with Crippen LogP contribution in [0.3, 0.4) is 0 Å². The van der Waals surface area contributed by atoms with Crippen molar-refractivity contribution in [2.24, 2.45) is 0 Å². The van der Waals surface area contributed by atoms with E-state index in [2.05, 4.69) is 35.5 Å². The Bertz CT molecular complexity index is 788. The molecule has 1 aliphatic rings. The van der Waals surface area contributed by atoms with Gasteiger partial charge in [-0.15, -0.1) is 0 Å². The highest BCUT2D eigenvalue weighted by Crippen LogP contribution is 2.22. The third-order valence-electron chi connectivity index (χ3n) is 6.69. The lowest BCUT2D eigenvalue weighted by atomic mass is 10.2. The highest BCUT2D eigenvalue weighted by Gasteiger charge is 2.08. The zero-order chi connectivity index (χ0) is 35.3. The summed E-state index contributed by atoms with van der Waals surface area (Å²) in [5, 5.41) is 0. The Morgan fingerprint density at radius 1 is 0.320 bits per heavy atom. The Kier molecular flexibility index (Phi) is 32.9. The zero-order valence-electron chi connectivity index (χ0n) is 30.3. The summed E-state index contributed by atoms with van der Waals surface area (Å²) < 4.78 is 74.9. The van der Waals surface area contributed by atoms with Gasteiger partial charge in [0.1, 0.15) is 0 Å². The molecule has 0 N–H and O–H groups in total. The molecule has 0 amide bonds. The van der Waals surface area contributed by atoms with Gasteiger partial charge in [0.2, 0.25) is 0 Å². The molecule has 14 nitrogen and oxygen atoms in total. The van der Waals surface area contributed by atoms with Gasteiger partial charge >= 0.3 is 0 Å². The van der Waals surface area contributed by atoms with E-state index in [1.807, 2.05) is 0 Å². The molecule has 0 bridgehead atoms. The number of aryl methyl sites for hydroxylation is 1. The van der Waals surface area contributed by atoms with Crippen molar-refractivity contribution < 1.29 is 61.6 Å². The third kappa shape index (κ3) is 30.6. The largest absolute Gasteiger partial charge is 0.378 e. The molecule has 1 aromatic carbocycles. The molecule has 1 fully saturated rings. The lowest BCUT2D eigenvalue weighted by molar-refractivity contribution is -0.0294. The first kappa shape index (κ1) is 45.2. The Hall–Kier alpha value is -0.990. The molecule has 0 radical (unpaired) electrons. The average Bonchev–Trinajstić information content (AvgIpc) is 3.12. The molecule has 1 aromatic rings. The third-order valence-corrected chi connectivity index (χ3v) is 7.80. The summed E-state index contributed by atoms with van der Waals surface area (Å²) in [5.74, 6) is 0. The quantitative estimate of drug-likeness (QED) is 0.413. The fourth-order valence-corrected chi connectivity index (χ4v) is 4.91. The number of benzene rings is 1. The van der Waals surface area contributed by atoms with Crippen LogP contribution in [0, 0.1) is 6.92 Å². The van der Waals surface area contributed by atoms with Gasteiger partial charge in [0, 0.05) is 18.0 Å². The van der Waals surface area contributed by atoms with Crippen LogP contribution in [0.1, 0.15) is 5.56 Å². The van der Waals surface area contributed by atoms with Crippen molar-refractivity contribution >= 4 is 11.9 Å². The summed E-state index contributed by atoms with van der Waals surface area (Å²) >= 11 is 1.71. The van der Waals surface area contributed by atoms with Crippen LogP contribution in [-0.2, 0) is 61.6 Å². The molecular weight excluding hydrogens is 674 g/mol. The molecule has 0 aliphatic carbocycles. The standard InChI is InChI=1S/C35H63NO13S/c1-34-2-4-35(5-3-34)50-36-6-8-37-10-12-39-14-16-41-18-20-43-22-24-45-26-28-47-30-32-49-33-31-48-29-27-46-25-23-44-21-19-42-17-15-40-13-11-38-9-7-36/h2-5H,6-33H2,1H3. The van der Waals surface area contributed by atoms with Crippen molar-refractivity contribution in [1.29, 1.82) is 0 Å². The number of rotatable bonds is 2. The first-order valence-corrected chi connectivity index (χ1v) is 18.6. The summed E-state index contributed by atoms with van der Waals surface area (Å²) in [6.07, 6.45) is 0. The smallest absolute Gasteiger partial charge is 0.0701 e. The molecule has 0 atom stereocenters. The monoisotopic (exact) mass is 737 g/mol. The maximum Gasteiger partial charge on any atom is 0.0701 e. The van der Waals surface area contributed by atoms with Crippen LogP contribution >= 0.6 is 11.9 Å². The SMILES string of the molecule is Cc1ccc(SN2CCOCCOCCOCCOCCOCCOCCOCCOCCOCCOCCOCCOCCOCC2)cc1. The zero-order valence-corrected chi connectivity index (χ0v) is 31.1. The van der Waals surface area contributed by atoms with Crippen molar-refractivity contribution in [3.8, 4) is 0 Å². The van der Waals surface area contributed by atoms with Crippen LogP contribution in [0.5, 0.6) is 0 Å². The number of ether oxygens (including phenoxy) is 13. The topological polar surface area (TPSA) is 123 Å². The molecule has 292 valence electrons. The Morgan fingerprint density at radius 3 is 0.740 bits per heavy atom. The summed E-state index contributed by atoms with van der Waals surface area (Å²) in [7, 11) is 0. The van der Waals surface area contributed by atoms with E-state index in [9.17, 15) is 0 Å². The lowest BCUT2D eigenvalue weighted by Gasteiger charge is -2.21. The molecule has 1 saturated heterocycles. The molecule has 0 unspecified atom stereocenters. The van der Waals surface area contributed by atoms with Gasteiger partial charge in [-0.2, -0.15) is 0 Å². The van der Waals surface area contributed by atoms with Crippen LogP contribution in [0.25, 0.3) is 0 Å². The normalized spacial score (nSPS) is 22.4. The maximum atomic E-state index is 5.83. The van der Waals surface area contributed by atoms with Crippen LogP contribution in [-0.4, -0.2) is 189 Å². The van der Waals surface area contributed by atoms with Crippen molar-refractivity contribution in [3.05, 3.63) is 29.8 Å².